The van der Waals surface area contributed by atoms with Gasteiger partial charge in [-0.25, -0.2) is 0 Å². The lowest BCUT2D eigenvalue weighted by atomic mass is 10.1. The predicted molar refractivity (Wildman–Crippen MR) is 86.8 cm³/mol. The first-order chi connectivity index (χ1) is 10.7. The summed E-state index contributed by atoms with van der Waals surface area (Å²) < 4.78 is 5.23. The third-order valence-corrected chi connectivity index (χ3v) is 4.31. The van der Waals surface area contributed by atoms with Crippen LogP contribution in [0, 0.1) is 5.92 Å². The molecule has 2 aromatic carbocycles. The van der Waals surface area contributed by atoms with Crippen LogP contribution in [-0.2, 0) is 4.79 Å². The number of benzene rings is 2. The van der Waals surface area contributed by atoms with Gasteiger partial charge in [-0.3, -0.25) is 4.79 Å². The first-order valence-electron chi connectivity index (χ1n) is 7.68. The standard InChI is InChI=1S/C19H21NO2/c1-13(15-9-6-10-16(11-15)22-2)20-19(21)18-12-17(18)14-7-4-3-5-8-14/h3-11,13,17-18H,12H2,1-2H3,(H,20,21)/t13-,17+,18-/m1/s1. The molecule has 22 heavy (non-hydrogen) atoms. The van der Waals surface area contributed by atoms with Gasteiger partial charge in [-0.1, -0.05) is 42.5 Å². The summed E-state index contributed by atoms with van der Waals surface area (Å²) in [5.41, 5.74) is 2.32. The van der Waals surface area contributed by atoms with Gasteiger partial charge in [0.1, 0.15) is 5.75 Å². The van der Waals surface area contributed by atoms with E-state index in [1.54, 1.807) is 7.11 Å². The van der Waals surface area contributed by atoms with Crippen LogP contribution in [0.4, 0.5) is 0 Å². The molecule has 3 nitrogen and oxygen atoms in total. The molecule has 0 spiro atoms. The van der Waals surface area contributed by atoms with E-state index in [2.05, 4.69) is 17.4 Å². The fourth-order valence-corrected chi connectivity index (χ4v) is 2.87. The van der Waals surface area contributed by atoms with Crippen LogP contribution in [0.2, 0.25) is 0 Å². The van der Waals surface area contributed by atoms with Crippen molar-refractivity contribution in [1.82, 2.24) is 5.32 Å². The van der Waals surface area contributed by atoms with Gasteiger partial charge in [-0.2, -0.15) is 0 Å². The Morgan fingerprint density at radius 2 is 1.95 bits per heavy atom. The summed E-state index contributed by atoms with van der Waals surface area (Å²) in [7, 11) is 1.65. The monoisotopic (exact) mass is 295 g/mol. The average Bonchev–Trinajstić information content (AvgIpc) is 3.36. The molecule has 0 unspecified atom stereocenters. The number of ether oxygens (including phenoxy) is 1. The van der Waals surface area contributed by atoms with Crippen molar-refractivity contribution in [2.24, 2.45) is 5.92 Å². The van der Waals surface area contributed by atoms with Gasteiger partial charge < -0.3 is 10.1 Å². The second-order valence-electron chi connectivity index (χ2n) is 5.87. The summed E-state index contributed by atoms with van der Waals surface area (Å²) in [5, 5.41) is 3.11. The number of hydrogen-bond donors (Lipinski definition) is 1. The van der Waals surface area contributed by atoms with E-state index < -0.39 is 0 Å². The molecule has 1 N–H and O–H groups in total. The van der Waals surface area contributed by atoms with Gasteiger partial charge in [0, 0.05) is 5.92 Å². The Labute approximate surface area is 131 Å². The quantitative estimate of drug-likeness (QED) is 0.914. The smallest absolute Gasteiger partial charge is 0.224 e. The van der Waals surface area contributed by atoms with Crippen molar-refractivity contribution in [1.29, 1.82) is 0 Å². The number of carbonyl (C=O) groups is 1. The number of carbonyl (C=O) groups excluding carboxylic acids is 1. The SMILES string of the molecule is COc1cccc([C@@H](C)NC(=O)[C@@H]2C[C@H]2c2ccccc2)c1. The molecule has 2 aromatic rings. The van der Waals surface area contributed by atoms with Crippen LogP contribution in [0.15, 0.2) is 54.6 Å². The molecule has 1 amide bonds. The van der Waals surface area contributed by atoms with Crippen LogP contribution in [0.3, 0.4) is 0 Å². The summed E-state index contributed by atoms with van der Waals surface area (Å²) >= 11 is 0. The second kappa shape index (κ2) is 6.22. The minimum absolute atomic E-state index is 0.0142. The number of methoxy groups -OCH3 is 1. The molecule has 1 aliphatic carbocycles. The number of amides is 1. The van der Waals surface area contributed by atoms with Gasteiger partial charge in [0.2, 0.25) is 5.91 Å². The lowest BCUT2D eigenvalue weighted by Crippen LogP contribution is -2.28. The van der Waals surface area contributed by atoms with Crippen LogP contribution >= 0.6 is 0 Å². The molecule has 0 heterocycles. The van der Waals surface area contributed by atoms with Crippen molar-refractivity contribution >= 4 is 5.91 Å². The lowest BCUT2D eigenvalue weighted by molar-refractivity contribution is -0.123. The molecule has 0 radical (unpaired) electrons. The van der Waals surface area contributed by atoms with Gasteiger partial charge in [-0.15, -0.1) is 0 Å². The van der Waals surface area contributed by atoms with E-state index in [0.717, 1.165) is 17.7 Å². The van der Waals surface area contributed by atoms with Gasteiger partial charge in [-0.05, 0) is 42.5 Å². The summed E-state index contributed by atoms with van der Waals surface area (Å²) in [6, 6.07) is 18.1. The highest BCUT2D eigenvalue weighted by Gasteiger charge is 2.44. The minimum Gasteiger partial charge on any atom is -0.497 e. The van der Waals surface area contributed by atoms with Gasteiger partial charge in [0.15, 0.2) is 0 Å². The number of rotatable bonds is 5. The zero-order valence-corrected chi connectivity index (χ0v) is 13.0. The molecule has 1 saturated carbocycles. The third kappa shape index (κ3) is 3.14. The molecule has 3 rings (SSSR count). The number of hydrogen-bond acceptors (Lipinski definition) is 2. The summed E-state index contributed by atoms with van der Waals surface area (Å²) in [4.78, 5) is 12.4. The highest BCUT2D eigenvalue weighted by atomic mass is 16.5. The zero-order chi connectivity index (χ0) is 15.5. The Morgan fingerprint density at radius 3 is 2.68 bits per heavy atom. The maximum Gasteiger partial charge on any atom is 0.224 e. The first-order valence-corrected chi connectivity index (χ1v) is 7.68. The van der Waals surface area contributed by atoms with Crippen LogP contribution < -0.4 is 10.1 Å². The maximum absolute atomic E-state index is 12.4. The van der Waals surface area contributed by atoms with E-state index >= 15 is 0 Å². The van der Waals surface area contributed by atoms with Crippen LogP contribution in [0.25, 0.3) is 0 Å². The zero-order valence-electron chi connectivity index (χ0n) is 13.0. The van der Waals surface area contributed by atoms with Crippen molar-refractivity contribution in [3.63, 3.8) is 0 Å². The molecule has 3 atom stereocenters. The molecule has 0 aliphatic heterocycles. The maximum atomic E-state index is 12.4. The molecule has 1 aliphatic rings. The van der Waals surface area contributed by atoms with E-state index in [0.29, 0.717) is 5.92 Å². The Kier molecular flexibility index (Phi) is 4.14. The molecular formula is C19H21NO2. The molecule has 0 bridgehead atoms. The fraction of sp³-hybridized carbons (Fsp3) is 0.316. The highest BCUT2D eigenvalue weighted by molar-refractivity contribution is 5.83. The molecule has 114 valence electrons. The summed E-state index contributed by atoms with van der Waals surface area (Å²) in [6.45, 7) is 2.01. The van der Waals surface area contributed by atoms with Crippen LogP contribution in [0.1, 0.15) is 36.4 Å². The average molecular weight is 295 g/mol. The van der Waals surface area contributed by atoms with E-state index in [1.807, 2.05) is 49.4 Å². The second-order valence-corrected chi connectivity index (χ2v) is 5.87. The van der Waals surface area contributed by atoms with E-state index in [4.69, 9.17) is 4.74 Å². The van der Waals surface area contributed by atoms with Gasteiger partial charge >= 0.3 is 0 Å². The summed E-state index contributed by atoms with van der Waals surface area (Å²) in [5.74, 6) is 1.44. The Bertz CT molecular complexity index is 653. The molecule has 1 fully saturated rings. The topological polar surface area (TPSA) is 38.3 Å². The first kappa shape index (κ1) is 14.6. The predicted octanol–water partition coefficient (Wildman–Crippen LogP) is 3.68. The van der Waals surface area contributed by atoms with Crippen LogP contribution in [0.5, 0.6) is 5.75 Å². The molecule has 0 saturated heterocycles. The number of nitrogens with one attached hydrogen (secondary N) is 1. The van der Waals surface area contributed by atoms with E-state index in [9.17, 15) is 4.79 Å². The van der Waals surface area contributed by atoms with Crippen molar-refractivity contribution in [3.8, 4) is 5.75 Å². The Morgan fingerprint density at radius 1 is 1.18 bits per heavy atom. The van der Waals surface area contributed by atoms with Crippen molar-refractivity contribution in [2.45, 2.75) is 25.3 Å². The van der Waals surface area contributed by atoms with Crippen molar-refractivity contribution in [3.05, 3.63) is 65.7 Å². The largest absolute Gasteiger partial charge is 0.497 e. The fourth-order valence-electron chi connectivity index (χ4n) is 2.87. The Hall–Kier alpha value is -2.29. The lowest BCUT2D eigenvalue weighted by Gasteiger charge is -2.15. The summed E-state index contributed by atoms with van der Waals surface area (Å²) in [6.07, 6.45) is 0.945. The van der Waals surface area contributed by atoms with Crippen molar-refractivity contribution < 1.29 is 9.53 Å². The van der Waals surface area contributed by atoms with Crippen molar-refractivity contribution in [2.75, 3.05) is 7.11 Å². The third-order valence-electron chi connectivity index (χ3n) is 4.31. The molecule has 3 heteroatoms. The minimum atomic E-state index is -0.0142. The van der Waals surface area contributed by atoms with Gasteiger partial charge in [0.05, 0.1) is 13.2 Å². The van der Waals surface area contributed by atoms with E-state index in [-0.39, 0.29) is 17.9 Å². The normalized spacial score (nSPS) is 21.0. The van der Waals surface area contributed by atoms with Gasteiger partial charge in [0.25, 0.3) is 0 Å². The van der Waals surface area contributed by atoms with E-state index in [1.165, 1.54) is 5.56 Å². The highest BCUT2D eigenvalue weighted by Crippen LogP contribution is 2.47. The Balaban J connectivity index is 1.60. The molecular weight excluding hydrogens is 274 g/mol. The molecule has 0 aromatic heterocycles. The van der Waals surface area contributed by atoms with Crippen LogP contribution in [-0.4, -0.2) is 13.0 Å².